The van der Waals surface area contributed by atoms with Gasteiger partial charge in [0.2, 0.25) is 0 Å². The fourth-order valence-corrected chi connectivity index (χ4v) is 2.39. The van der Waals surface area contributed by atoms with Crippen LogP contribution in [0.15, 0.2) is 66.9 Å². The predicted octanol–water partition coefficient (Wildman–Crippen LogP) is 3.78. The van der Waals surface area contributed by atoms with E-state index in [1.54, 1.807) is 55.6 Å². The number of anilines is 2. The van der Waals surface area contributed by atoms with Crippen molar-refractivity contribution in [3.05, 3.63) is 78.2 Å². The number of benzene rings is 2. The Hall–Kier alpha value is -3.61. The summed E-state index contributed by atoms with van der Waals surface area (Å²) < 4.78 is 23.6. The molecular formula is C21H20FN3O3. The van der Waals surface area contributed by atoms with Gasteiger partial charge in [0.25, 0.3) is 5.91 Å². The van der Waals surface area contributed by atoms with Crippen LogP contribution in [-0.2, 0) is 0 Å². The lowest BCUT2D eigenvalue weighted by molar-refractivity contribution is 0.0946. The van der Waals surface area contributed by atoms with Gasteiger partial charge in [0.05, 0.1) is 19.2 Å². The second-order valence-corrected chi connectivity index (χ2v) is 5.84. The molecular weight excluding hydrogens is 361 g/mol. The van der Waals surface area contributed by atoms with E-state index in [0.717, 1.165) is 5.75 Å². The number of hydrogen-bond donors (Lipinski definition) is 2. The van der Waals surface area contributed by atoms with E-state index in [2.05, 4.69) is 15.6 Å². The Labute approximate surface area is 162 Å². The third kappa shape index (κ3) is 5.44. The van der Waals surface area contributed by atoms with E-state index in [9.17, 15) is 9.18 Å². The maximum atomic E-state index is 12.9. The molecule has 0 aliphatic heterocycles. The van der Waals surface area contributed by atoms with Gasteiger partial charge in [-0.2, -0.15) is 0 Å². The second-order valence-electron chi connectivity index (χ2n) is 5.84. The first kappa shape index (κ1) is 19.2. The number of nitrogens with one attached hydrogen (secondary N) is 2. The summed E-state index contributed by atoms with van der Waals surface area (Å²) in [6.45, 7) is 0.705. The van der Waals surface area contributed by atoms with Crippen LogP contribution in [0.5, 0.6) is 11.5 Å². The molecule has 0 aliphatic carbocycles. The molecule has 0 aliphatic rings. The van der Waals surface area contributed by atoms with E-state index in [1.807, 2.05) is 0 Å². The molecule has 0 fully saturated rings. The van der Waals surface area contributed by atoms with Gasteiger partial charge < -0.3 is 20.1 Å². The van der Waals surface area contributed by atoms with Crippen molar-refractivity contribution < 1.29 is 18.7 Å². The zero-order valence-corrected chi connectivity index (χ0v) is 15.3. The smallest absolute Gasteiger partial charge is 0.252 e. The molecule has 0 saturated heterocycles. The molecule has 0 unspecified atom stereocenters. The van der Waals surface area contributed by atoms with Crippen LogP contribution in [0.1, 0.15) is 10.4 Å². The minimum atomic E-state index is -0.304. The maximum Gasteiger partial charge on any atom is 0.252 e. The molecule has 2 aromatic carbocycles. The van der Waals surface area contributed by atoms with Crippen molar-refractivity contribution in [3.8, 4) is 11.5 Å². The molecule has 144 valence electrons. The topological polar surface area (TPSA) is 72.5 Å². The van der Waals surface area contributed by atoms with Gasteiger partial charge in [-0.3, -0.25) is 4.79 Å². The van der Waals surface area contributed by atoms with Crippen LogP contribution in [0.3, 0.4) is 0 Å². The van der Waals surface area contributed by atoms with Gasteiger partial charge in [0.15, 0.2) is 0 Å². The highest BCUT2D eigenvalue weighted by molar-refractivity contribution is 5.94. The first-order valence-electron chi connectivity index (χ1n) is 8.68. The molecule has 0 saturated carbocycles. The van der Waals surface area contributed by atoms with E-state index in [1.165, 1.54) is 18.3 Å². The molecule has 0 radical (unpaired) electrons. The molecule has 7 heteroatoms. The fourth-order valence-electron chi connectivity index (χ4n) is 2.39. The molecule has 3 rings (SSSR count). The summed E-state index contributed by atoms with van der Waals surface area (Å²) in [4.78, 5) is 16.4. The molecule has 1 amide bonds. The van der Waals surface area contributed by atoms with Crippen LogP contribution in [0.25, 0.3) is 0 Å². The molecule has 2 N–H and O–H groups in total. The third-order valence-corrected chi connectivity index (χ3v) is 3.86. The van der Waals surface area contributed by atoms with Crippen molar-refractivity contribution in [2.45, 2.75) is 0 Å². The van der Waals surface area contributed by atoms with E-state index in [-0.39, 0.29) is 11.7 Å². The Kier molecular flexibility index (Phi) is 6.41. The van der Waals surface area contributed by atoms with Crippen LogP contribution in [-0.4, -0.2) is 31.2 Å². The molecule has 0 bridgehead atoms. The Bertz CT molecular complexity index is 898. The first-order chi connectivity index (χ1) is 13.6. The molecule has 28 heavy (non-hydrogen) atoms. The van der Waals surface area contributed by atoms with Gasteiger partial charge >= 0.3 is 0 Å². The van der Waals surface area contributed by atoms with Crippen molar-refractivity contribution in [2.24, 2.45) is 0 Å². The number of carbonyl (C=O) groups is 1. The standard InChI is InChI=1S/C21H20FN3O3/c1-27-18-7-9-19(10-8-18)28-13-12-23-21(26)15-2-11-20(24-14-15)25-17-5-3-16(22)4-6-17/h2-11,14H,12-13H2,1H3,(H,23,26)(H,24,25). The quantitative estimate of drug-likeness (QED) is 0.581. The number of amides is 1. The molecule has 3 aromatic rings. The minimum absolute atomic E-state index is 0.237. The number of ether oxygens (including phenoxy) is 2. The zero-order chi connectivity index (χ0) is 19.8. The number of rotatable bonds is 8. The third-order valence-electron chi connectivity index (χ3n) is 3.86. The molecule has 6 nitrogen and oxygen atoms in total. The number of nitrogens with zero attached hydrogens (tertiary/aromatic N) is 1. The Morgan fingerprint density at radius 2 is 1.71 bits per heavy atom. The summed E-state index contributed by atoms with van der Waals surface area (Å²) in [5.74, 6) is 1.48. The van der Waals surface area contributed by atoms with Gasteiger partial charge in [-0.1, -0.05) is 0 Å². The van der Waals surface area contributed by atoms with Crippen molar-refractivity contribution in [3.63, 3.8) is 0 Å². The second kappa shape index (κ2) is 9.36. The Morgan fingerprint density at radius 3 is 2.36 bits per heavy atom. The van der Waals surface area contributed by atoms with E-state index in [4.69, 9.17) is 9.47 Å². The van der Waals surface area contributed by atoms with Crippen molar-refractivity contribution in [1.29, 1.82) is 0 Å². The molecule has 0 spiro atoms. The number of pyridine rings is 1. The van der Waals surface area contributed by atoms with Gasteiger partial charge in [0, 0.05) is 11.9 Å². The van der Waals surface area contributed by atoms with Crippen LogP contribution in [0, 0.1) is 5.82 Å². The maximum absolute atomic E-state index is 12.9. The first-order valence-corrected chi connectivity index (χ1v) is 8.68. The van der Waals surface area contributed by atoms with Gasteiger partial charge in [-0.15, -0.1) is 0 Å². The van der Waals surface area contributed by atoms with Crippen LogP contribution < -0.4 is 20.1 Å². The average molecular weight is 381 g/mol. The lowest BCUT2D eigenvalue weighted by Crippen LogP contribution is -2.28. The summed E-state index contributed by atoms with van der Waals surface area (Å²) >= 11 is 0. The average Bonchev–Trinajstić information content (AvgIpc) is 2.73. The summed E-state index contributed by atoms with van der Waals surface area (Å²) in [5, 5.41) is 5.81. The number of aromatic nitrogens is 1. The number of methoxy groups -OCH3 is 1. The zero-order valence-electron chi connectivity index (χ0n) is 15.3. The van der Waals surface area contributed by atoms with Gasteiger partial charge in [-0.25, -0.2) is 9.37 Å². The van der Waals surface area contributed by atoms with E-state index in [0.29, 0.717) is 36.0 Å². The highest BCUT2D eigenvalue weighted by Crippen LogP contribution is 2.17. The summed E-state index contributed by atoms with van der Waals surface area (Å²) in [6.07, 6.45) is 1.48. The highest BCUT2D eigenvalue weighted by atomic mass is 19.1. The summed E-state index contributed by atoms with van der Waals surface area (Å²) in [6, 6.07) is 16.5. The molecule has 1 aromatic heterocycles. The fraction of sp³-hybridized carbons (Fsp3) is 0.143. The van der Waals surface area contributed by atoms with Crippen molar-refractivity contribution in [2.75, 3.05) is 25.6 Å². The molecule has 0 atom stereocenters. The largest absolute Gasteiger partial charge is 0.497 e. The van der Waals surface area contributed by atoms with Crippen LogP contribution >= 0.6 is 0 Å². The monoisotopic (exact) mass is 381 g/mol. The van der Waals surface area contributed by atoms with Crippen LogP contribution in [0.2, 0.25) is 0 Å². The molecule has 1 heterocycles. The lowest BCUT2D eigenvalue weighted by Gasteiger charge is -2.09. The van der Waals surface area contributed by atoms with Crippen molar-refractivity contribution in [1.82, 2.24) is 10.3 Å². The Balaban J connectivity index is 1.44. The number of carbonyl (C=O) groups excluding carboxylic acids is 1. The van der Waals surface area contributed by atoms with Gasteiger partial charge in [0.1, 0.15) is 29.7 Å². The number of hydrogen-bond acceptors (Lipinski definition) is 5. The van der Waals surface area contributed by atoms with Crippen LogP contribution in [0.4, 0.5) is 15.9 Å². The Morgan fingerprint density at radius 1 is 1.00 bits per heavy atom. The number of halogens is 1. The minimum Gasteiger partial charge on any atom is -0.497 e. The van der Waals surface area contributed by atoms with Crippen molar-refractivity contribution >= 4 is 17.4 Å². The SMILES string of the molecule is COc1ccc(OCCNC(=O)c2ccc(Nc3ccc(F)cc3)nc2)cc1. The lowest BCUT2D eigenvalue weighted by atomic mass is 10.2. The summed E-state index contributed by atoms with van der Waals surface area (Å²) in [7, 11) is 1.60. The van der Waals surface area contributed by atoms with Gasteiger partial charge in [-0.05, 0) is 60.7 Å². The highest BCUT2D eigenvalue weighted by Gasteiger charge is 2.06. The summed E-state index contributed by atoms with van der Waals surface area (Å²) in [5.41, 5.74) is 1.15. The predicted molar refractivity (Wildman–Crippen MR) is 105 cm³/mol. The van der Waals surface area contributed by atoms with E-state index >= 15 is 0 Å². The normalized spacial score (nSPS) is 10.2. The van der Waals surface area contributed by atoms with E-state index < -0.39 is 0 Å².